The lowest BCUT2D eigenvalue weighted by atomic mass is 10.1. The zero-order valence-corrected chi connectivity index (χ0v) is 10.3. The molecule has 0 atom stereocenters. The number of nitrogens with two attached hydrogens (primary N) is 1. The maximum absolute atomic E-state index is 12.8. The average molecular weight is 243 g/mol. The molecule has 0 saturated carbocycles. The van der Waals surface area contributed by atoms with Crippen molar-refractivity contribution in [3.63, 3.8) is 0 Å². The largest absolute Gasteiger partial charge is 0.387 e. The first-order valence-corrected chi connectivity index (χ1v) is 5.59. The van der Waals surface area contributed by atoms with E-state index in [9.17, 15) is 4.39 Å². The Kier molecular flexibility index (Phi) is 4.74. The maximum atomic E-state index is 12.8. The number of hydrogen-bond acceptors (Lipinski definition) is 1. The molecule has 0 aliphatic rings. The Morgan fingerprint density at radius 1 is 1.50 bits per heavy atom. The van der Waals surface area contributed by atoms with Crippen molar-refractivity contribution in [1.82, 2.24) is 0 Å². The van der Waals surface area contributed by atoms with Crippen molar-refractivity contribution in [3.05, 3.63) is 34.6 Å². The summed E-state index contributed by atoms with van der Waals surface area (Å²) in [4.78, 5) is 4.22. The number of aliphatic imine (C=N–C) groups is 1. The molecule has 0 spiro atoms. The molecule has 1 rings (SSSR count). The summed E-state index contributed by atoms with van der Waals surface area (Å²) in [6, 6.07) is 4.29. The van der Waals surface area contributed by atoms with Gasteiger partial charge in [0.15, 0.2) is 0 Å². The van der Waals surface area contributed by atoms with Crippen LogP contribution < -0.4 is 5.73 Å². The van der Waals surface area contributed by atoms with Gasteiger partial charge >= 0.3 is 0 Å². The molecular weight excluding hydrogens is 227 g/mol. The monoisotopic (exact) mass is 242 g/mol. The van der Waals surface area contributed by atoms with Crippen LogP contribution in [0.25, 0.3) is 0 Å². The summed E-state index contributed by atoms with van der Waals surface area (Å²) in [5.74, 6) is 0.663. The molecule has 1 aromatic rings. The molecule has 16 heavy (non-hydrogen) atoms. The fourth-order valence-corrected chi connectivity index (χ4v) is 1.45. The van der Waals surface area contributed by atoms with Crippen molar-refractivity contribution in [1.29, 1.82) is 0 Å². The first kappa shape index (κ1) is 13.0. The van der Waals surface area contributed by atoms with E-state index in [1.54, 1.807) is 6.07 Å². The van der Waals surface area contributed by atoms with Crippen LogP contribution in [0.1, 0.15) is 19.4 Å². The van der Waals surface area contributed by atoms with E-state index in [-0.39, 0.29) is 5.82 Å². The molecular formula is C12H16ClFN2. The normalized spacial score (nSPS) is 12.2. The highest BCUT2D eigenvalue weighted by Gasteiger charge is 2.04. The van der Waals surface area contributed by atoms with E-state index >= 15 is 0 Å². The van der Waals surface area contributed by atoms with Crippen molar-refractivity contribution >= 4 is 17.4 Å². The highest BCUT2D eigenvalue weighted by molar-refractivity contribution is 6.31. The van der Waals surface area contributed by atoms with Crippen LogP contribution in [0.3, 0.4) is 0 Å². The highest BCUT2D eigenvalue weighted by Crippen LogP contribution is 2.17. The quantitative estimate of drug-likeness (QED) is 0.640. The Morgan fingerprint density at radius 2 is 2.19 bits per heavy atom. The summed E-state index contributed by atoms with van der Waals surface area (Å²) in [6.45, 7) is 4.84. The summed E-state index contributed by atoms with van der Waals surface area (Å²) in [7, 11) is 0. The van der Waals surface area contributed by atoms with E-state index in [1.807, 2.05) is 0 Å². The number of amidine groups is 1. The van der Waals surface area contributed by atoms with Crippen LogP contribution in [0.15, 0.2) is 23.2 Å². The second-order valence-corrected chi connectivity index (χ2v) is 4.55. The van der Waals surface area contributed by atoms with Crippen LogP contribution in [0.2, 0.25) is 5.02 Å². The second-order valence-electron chi connectivity index (χ2n) is 4.14. The van der Waals surface area contributed by atoms with Crippen molar-refractivity contribution in [2.75, 3.05) is 6.54 Å². The van der Waals surface area contributed by atoms with E-state index in [1.165, 1.54) is 12.1 Å². The van der Waals surface area contributed by atoms with Gasteiger partial charge in [-0.25, -0.2) is 4.39 Å². The molecule has 2 N–H and O–H groups in total. The van der Waals surface area contributed by atoms with Gasteiger partial charge in [0.05, 0.1) is 5.84 Å². The number of nitrogens with zero attached hydrogens (tertiary/aromatic N) is 1. The predicted molar refractivity (Wildman–Crippen MR) is 66.4 cm³/mol. The second kappa shape index (κ2) is 5.85. The average Bonchev–Trinajstić information content (AvgIpc) is 2.19. The van der Waals surface area contributed by atoms with Gasteiger partial charge in [0, 0.05) is 18.0 Å². The number of hydrogen-bond donors (Lipinski definition) is 1. The van der Waals surface area contributed by atoms with E-state index < -0.39 is 0 Å². The maximum Gasteiger partial charge on any atom is 0.124 e. The third kappa shape index (κ3) is 4.19. The van der Waals surface area contributed by atoms with E-state index in [0.29, 0.717) is 29.7 Å². The lowest BCUT2D eigenvalue weighted by Crippen LogP contribution is -2.16. The first-order chi connectivity index (χ1) is 7.49. The molecule has 0 bridgehead atoms. The van der Waals surface area contributed by atoms with Gasteiger partial charge in [-0.2, -0.15) is 0 Å². The van der Waals surface area contributed by atoms with Crippen LogP contribution in [0.4, 0.5) is 4.39 Å². The van der Waals surface area contributed by atoms with E-state index in [2.05, 4.69) is 18.8 Å². The minimum atomic E-state index is -0.341. The van der Waals surface area contributed by atoms with Crippen molar-refractivity contribution in [2.24, 2.45) is 16.6 Å². The van der Waals surface area contributed by atoms with Gasteiger partial charge in [-0.3, -0.25) is 4.99 Å². The minimum Gasteiger partial charge on any atom is -0.387 e. The SMILES string of the molecule is CC(C)CN=C(N)Cc1ccc(F)cc1Cl. The molecule has 0 saturated heterocycles. The fourth-order valence-electron chi connectivity index (χ4n) is 1.22. The number of benzene rings is 1. The Hall–Kier alpha value is -1.09. The van der Waals surface area contributed by atoms with Crippen LogP contribution >= 0.6 is 11.6 Å². The third-order valence-corrected chi connectivity index (χ3v) is 2.40. The zero-order chi connectivity index (χ0) is 12.1. The van der Waals surface area contributed by atoms with Gasteiger partial charge < -0.3 is 5.73 Å². The summed E-state index contributed by atoms with van der Waals surface area (Å²) >= 11 is 5.89. The van der Waals surface area contributed by atoms with Crippen LogP contribution in [-0.4, -0.2) is 12.4 Å². The summed E-state index contributed by atoms with van der Waals surface area (Å²) < 4.78 is 12.8. The van der Waals surface area contributed by atoms with Gasteiger partial charge in [0.2, 0.25) is 0 Å². The Morgan fingerprint density at radius 3 is 2.75 bits per heavy atom. The zero-order valence-electron chi connectivity index (χ0n) is 9.50. The highest BCUT2D eigenvalue weighted by atomic mass is 35.5. The van der Waals surface area contributed by atoms with Gasteiger partial charge in [-0.1, -0.05) is 31.5 Å². The minimum absolute atomic E-state index is 0.341. The van der Waals surface area contributed by atoms with Gasteiger partial charge in [-0.15, -0.1) is 0 Å². The van der Waals surface area contributed by atoms with Crippen molar-refractivity contribution in [3.8, 4) is 0 Å². The molecule has 0 aliphatic carbocycles. The third-order valence-electron chi connectivity index (χ3n) is 2.05. The first-order valence-electron chi connectivity index (χ1n) is 5.21. The van der Waals surface area contributed by atoms with E-state index in [4.69, 9.17) is 17.3 Å². The molecule has 0 aromatic heterocycles. The summed E-state index contributed by atoms with van der Waals surface area (Å²) in [5.41, 5.74) is 6.56. The summed E-state index contributed by atoms with van der Waals surface area (Å²) in [5, 5.41) is 0.391. The molecule has 0 unspecified atom stereocenters. The van der Waals surface area contributed by atoms with Crippen molar-refractivity contribution < 1.29 is 4.39 Å². The Labute approximate surface area is 100 Å². The van der Waals surface area contributed by atoms with Gasteiger partial charge in [0.25, 0.3) is 0 Å². The number of rotatable bonds is 4. The lowest BCUT2D eigenvalue weighted by Gasteiger charge is -2.05. The lowest BCUT2D eigenvalue weighted by molar-refractivity contribution is 0.627. The topological polar surface area (TPSA) is 38.4 Å². The number of halogens is 2. The van der Waals surface area contributed by atoms with Gasteiger partial charge in [0.1, 0.15) is 5.82 Å². The molecule has 0 amide bonds. The molecule has 0 radical (unpaired) electrons. The van der Waals surface area contributed by atoms with Crippen molar-refractivity contribution in [2.45, 2.75) is 20.3 Å². The molecule has 1 aromatic carbocycles. The van der Waals surface area contributed by atoms with Crippen LogP contribution in [0.5, 0.6) is 0 Å². The summed E-state index contributed by atoms with van der Waals surface area (Å²) in [6.07, 6.45) is 0.464. The van der Waals surface area contributed by atoms with E-state index in [0.717, 1.165) is 5.56 Å². The van der Waals surface area contributed by atoms with Crippen LogP contribution in [-0.2, 0) is 6.42 Å². The molecule has 4 heteroatoms. The molecule has 0 fully saturated rings. The smallest absolute Gasteiger partial charge is 0.124 e. The molecule has 2 nitrogen and oxygen atoms in total. The Bertz CT molecular complexity index is 389. The standard InChI is InChI=1S/C12H16ClFN2/c1-8(2)7-16-12(15)5-9-3-4-10(14)6-11(9)13/h3-4,6,8H,5,7H2,1-2H3,(H2,15,16). The molecule has 88 valence electrons. The predicted octanol–water partition coefficient (Wildman–Crippen LogP) is 3.03. The fraction of sp³-hybridized carbons (Fsp3) is 0.417. The van der Waals surface area contributed by atoms with Crippen LogP contribution in [0, 0.1) is 11.7 Å². The Balaban J connectivity index is 2.69. The molecule has 0 aliphatic heterocycles. The molecule has 0 heterocycles. The van der Waals surface area contributed by atoms with Gasteiger partial charge in [-0.05, 0) is 23.6 Å².